The van der Waals surface area contributed by atoms with E-state index in [0.29, 0.717) is 6.04 Å². The van der Waals surface area contributed by atoms with E-state index in [2.05, 4.69) is 38.1 Å². The van der Waals surface area contributed by atoms with E-state index in [4.69, 9.17) is 4.84 Å². The molecule has 88 valence electrons. The van der Waals surface area contributed by atoms with Crippen molar-refractivity contribution < 1.29 is 4.84 Å². The maximum atomic E-state index is 5.63. The zero-order chi connectivity index (χ0) is 11.1. The van der Waals surface area contributed by atoms with E-state index in [1.54, 1.807) is 0 Å². The molecule has 1 saturated carbocycles. The van der Waals surface area contributed by atoms with Crippen molar-refractivity contribution in [2.75, 3.05) is 6.54 Å². The summed E-state index contributed by atoms with van der Waals surface area (Å²) in [5, 5.41) is 0. The molecule has 2 aliphatic rings. The van der Waals surface area contributed by atoms with Crippen LogP contribution in [0.15, 0.2) is 0 Å². The topological polar surface area (TPSA) is 24.5 Å². The van der Waals surface area contributed by atoms with E-state index in [1.807, 2.05) is 0 Å². The maximum Gasteiger partial charge on any atom is 0.0813 e. The average Bonchev–Trinajstić information content (AvgIpc) is 2.87. The third kappa shape index (κ3) is 3.16. The van der Waals surface area contributed by atoms with E-state index >= 15 is 0 Å². The van der Waals surface area contributed by atoms with Crippen molar-refractivity contribution in [3.8, 4) is 0 Å². The highest BCUT2D eigenvalue weighted by Crippen LogP contribution is 2.33. The summed E-state index contributed by atoms with van der Waals surface area (Å²) < 4.78 is 0. The fraction of sp³-hybridized carbons (Fsp3) is 1.00. The standard InChI is InChI=1S/C12H24N2O/c1-9-7-10(13-15-12(2,3)4)8-14(9)11-5-6-11/h9-11,13H,5-8H2,1-4H3. The van der Waals surface area contributed by atoms with E-state index in [9.17, 15) is 0 Å². The highest BCUT2D eigenvalue weighted by molar-refractivity contribution is 4.95. The minimum absolute atomic E-state index is 0.0871. The zero-order valence-electron chi connectivity index (χ0n) is 10.4. The van der Waals surface area contributed by atoms with Crippen LogP contribution in [0, 0.1) is 0 Å². The SMILES string of the molecule is CC1CC(NOC(C)(C)C)CN1C1CC1. The molecule has 2 unspecified atom stereocenters. The molecule has 2 fully saturated rings. The summed E-state index contributed by atoms with van der Waals surface area (Å²) in [6, 6.07) is 2.11. The second-order valence-electron chi connectivity index (χ2n) is 6.04. The van der Waals surface area contributed by atoms with Gasteiger partial charge < -0.3 is 0 Å². The lowest BCUT2D eigenvalue weighted by Gasteiger charge is -2.23. The molecule has 1 heterocycles. The van der Waals surface area contributed by atoms with Gasteiger partial charge in [0.2, 0.25) is 0 Å². The largest absolute Gasteiger partial charge is 0.296 e. The summed E-state index contributed by atoms with van der Waals surface area (Å²) in [6.45, 7) is 9.73. The van der Waals surface area contributed by atoms with E-state index in [0.717, 1.165) is 18.6 Å². The van der Waals surface area contributed by atoms with Gasteiger partial charge in [0.15, 0.2) is 0 Å². The van der Waals surface area contributed by atoms with Crippen molar-refractivity contribution in [2.45, 2.75) is 70.7 Å². The van der Waals surface area contributed by atoms with Crippen molar-refractivity contribution in [3.63, 3.8) is 0 Å². The van der Waals surface area contributed by atoms with Gasteiger partial charge in [-0.05, 0) is 47.0 Å². The molecule has 0 aromatic carbocycles. The normalized spacial score (nSPS) is 33.6. The lowest BCUT2D eigenvalue weighted by atomic mass is 10.2. The van der Waals surface area contributed by atoms with Crippen LogP contribution in [0.5, 0.6) is 0 Å². The quantitative estimate of drug-likeness (QED) is 0.723. The fourth-order valence-corrected chi connectivity index (χ4v) is 2.32. The van der Waals surface area contributed by atoms with Gasteiger partial charge in [-0.25, -0.2) is 0 Å². The molecule has 0 bridgehead atoms. The lowest BCUT2D eigenvalue weighted by Crippen LogP contribution is -2.38. The van der Waals surface area contributed by atoms with Gasteiger partial charge in [-0.3, -0.25) is 9.74 Å². The van der Waals surface area contributed by atoms with Crippen LogP contribution in [0.25, 0.3) is 0 Å². The first-order valence-electron chi connectivity index (χ1n) is 6.15. The summed E-state index contributed by atoms with van der Waals surface area (Å²) in [5.74, 6) is 0. The molecule has 2 atom stereocenters. The molecule has 2 rings (SSSR count). The van der Waals surface area contributed by atoms with Crippen LogP contribution < -0.4 is 5.48 Å². The number of nitrogens with zero attached hydrogens (tertiary/aromatic N) is 1. The number of likely N-dealkylation sites (tertiary alicyclic amines) is 1. The number of hydroxylamine groups is 1. The van der Waals surface area contributed by atoms with Crippen molar-refractivity contribution in [1.29, 1.82) is 0 Å². The van der Waals surface area contributed by atoms with Crippen LogP contribution in [0.3, 0.4) is 0 Å². The Morgan fingerprint density at radius 3 is 2.47 bits per heavy atom. The van der Waals surface area contributed by atoms with E-state index < -0.39 is 0 Å². The first-order valence-corrected chi connectivity index (χ1v) is 6.15. The Morgan fingerprint density at radius 1 is 1.27 bits per heavy atom. The van der Waals surface area contributed by atoms with Gasteiger partial charge in [-0.1, -0.05) is 0 Å². The summed E-state index contributed by atoms with van der Waals surface area (Å²) in [6.07, 6.45) is 4.01. The van der Waals surface area contributed by atoms with Gasteiger partial charge in [-0.15, -0.1) is 0 Å². The molecule has 0 radical (unpaired) electrons. The third-order valence-corrected chi connectivity index (χ3v) is 3.17. The van der Waals surface area contributed by atoms with Crippen LogP contribution in [0.2, 0.25) is 0 Å². The van der Waals surface area contributed by atoms with Gasteiger partial charge in [0.1, 0.15) is 0 Å². The summed E-state index contributed by atoms with van der Waals surface area (Å²) in [4.78, 5) is 8.26. The van der Waals surface area contributed by atoms with Crippen molar-refractivity contribution in [1.82, 2.24) is 10.4 Å². The Labute approximate surface area is 93.1 Å². The summed E-state index contributed by atoms with van der Waals surface area (Å²) in [7, 11) is 0. The van der Waals surface area contributed by atoms with Gasteiger partial charge in [-0.2, -0.15) is 5.48 Å². The van der Waals surface area contributed by atoms with Crippen LogP contribution in [0.4, 0.5) is 0 Å². The van der Waals surface area contributed by atoms with Gasteiger partial charge >= 0.3 is 0 Å². The van der Waals surface area contributed by atoms with Crippen molar-refractivity contribution in [3.05, 3.63) is 0 Å². The van der Waals surface area contributed by atoms with Gasteiger partial charge in [0, 0.05) is 24.7 Å². The molecule has 1 aliphatic heterocycles. The molecular formula is C12H24N2O. The fourth-order valence-electron chi connectivity index (χ4n) is 2.32. The molecule has 1 N–H and O–H groups in total. The maximum absolute atomic E-state index is 5.63. The van der Waals surface area contributed by atoms with Crippen LogP contribution >= 0.6 is 0 Å². The number of hydrogen-bond acceptors (Lipinski definition) is 3. The Morgan fingerprint density at radius 2 is 1.93 bits per heavy atom. The molecule has 0 aromatic heterocycles. The zero-order valence-corrected chi connectivity index (χ0v) is 10.4. The summed E-state index contributed by atoms with van der Waals surface area (Å²) >= 11 is 0. The molecule has 3 nitrogen and oxygen atoms in total. The highest BCUT2D eigenvalue weighted by atomic mass is 16.7. The summed E-state index contributed by atoms with van der Waals surface area (Å²) in [5.41, 5.74) is 3.14. The predicted molar refractivity (Wildman–Crippen MR) is 61.6 cm³/mol. The predicted octanol–water partition coefficient (Wildman–Crippen LogP) is 1.93. The minimum Gasteiger partial charge on any atom is -0.296 e. The minimum atomic E-state index is -0.0871. The van der Waals surface area contributed by atoms with Crippen LogP contribution in [0.1, 0.15) is 47.0 Å². The van der Waals surface area contributed by atoms with Crippen LogP contribution in [-0.4, -0.2) is 35.2 Å². The second kappa shape index (κ2) is 4.04. The highest BCUT2D eigenvalue weighted by Gasteiger charge is 2.39. The molecule has 0 amide bonds. The smallest absolute Gasteiger partial charge is 0.0813 e. The molecule has 0 spiro atoms. The molecular weight excluding hydrogens is 188 g/mol. The molecule has 0 aromatic rings. The Hall–Kier alpha value is -0.120. The second-order valence-corrected chi connectivity index (χ2v) is 6.04. The Bertz CT molecular complexity index is 220. The molecule has 1 aliphatic carbocycles. The number of rotatable bonds is 3. The number of nitrogens with one attached hydrogen (secondary N) is 1. The van der Waals surface area contributed by atoms with E-state index in [1.165, 1.54) is 19.3 Å². The Balaban J connectivity index is 1.76. The van der Waals surface area contributed by atoms with Crippen molar-refractivity contribution >= 4 is 0 Å². The van der Waals surface area contributed by atoms with Crippen molar-refractivity contribution in [2.24, 2.45) is 0 Å². The average molecular weight is 212 g/mol. The van der Waals surface area contributed by atoms with Crippen LogP contribution in [-0.2, 0) is 4.84 Å². The monoisotopic (exact) mass is 212 g/mol. The van der Waals surface area contributed by atoms with Gasteiger partial charge in [0.25, 0.3) is 0 Å². The first-order chi connectivity index (χ1) is 6.96. The third-order valence-electron chi connectivity index (χ3n) is 3.17. The lowest BCUT2D eigenvalue weighted by molar-refractivity contribution is -0.0867. The molecule has 1 saturated heterocycles. The number of hydrogen-bond donors (Lipinski definition) is 1. The van der Waals surface area contributed by atoms with E-state index in [-0.39, 0.29) is 5.60 Å². The van der Waals surface area contributed by atoms with Gasteiger partial charge in [0.05, 0.1) is 5.60 Å². The Kier molecular flexibility index (Phi) is 3.06. The molecule has 15 heavy (non-hydrogen) atoms. The molecule has 3 heteroatoms. The first kappa shape index (κ1) is 11.4.